The fourth-order valence-electron chi connectivity index (χ4n) is 1.99. The SMILES string of the molecule is CCc1noc(CNc2ccccc2Sc2ccccc2)n1. The molecule has 0 bridgehead atoms. The normalized spacial score (nSPS) is 10.6. The molecule has 0 aliphatic rings. The molecule has 0 atom stereocenters. The standard InChI is InChI=1S/C17H17N3OS/c1-2-16-19-17(21-20-16)12-18-14-10-6-7-11-15(14)22-13-8-4-3-5-9-13/h3-11,18H,2,12H2,1H3. The Morgan fingerprint density at radius 2 is 1.82 bits per heavy atom. The lowest BCUT2D eigenvalue weighted by molar-refractivity contribution is 0.378. The lowest BCUT2D eigenvalue weighted by atomic mass is 10.3. The van der Waals surface area contributed by atoms with Gasteiger partial charge in [-0.15, -0.1) is 0 Å². The minimum atomic E-state index is 0.527. The van der Waals surface area contributed by atoms with Crippen LogP contribution < -0.4 is 5.32 Å². The smallest absolute Gasteiger partial charge is 0.245 e. The van der Waals surface area contributed by atoms with Crippen molar-refractivity contribution in [2.24, 2.45) is 0 Å². The van der Waals surface area contributed by atoms with E-state index in [0.29, 0.717) is 12.4 Å². The van der Waals surface area contributed by atoms with E-state index in [1.54, 1.807) is 11.8 Å². The van der Waals surface area contributed by atoms with Crippen LogP contribution in [0.15, 0.2) is 68.9 Å². The highest BCUT2D eigenvalue weighted by Gasteiger charge is 2.07. The van der Waals surface area contributed by atoms with Crippen LogP contribution >= 0.6 is 11.8 Å². The number of anilines is 1. The van der Waals surface area contributed by atoms with Crippen molar-refractivity contribution in [3.63, 3.8) is 0 Å². The molecule has 112 valence electrons. The van der Waals surface area contributed by atoms with Gasteiger partial charge in [0.1, 0.15) is 0 Å². The van der Waals surface area contributed by atoms with Crippen molar-refractivity contribution >= 4 is 17.4 Å². The summed E-state index contributed by atoms with van der Waals surface area (Å²) < 4.78 is 5.20. The molecule has 0 spiro atoms. The lowest BCUT2D eigenvalue weighted by Crippen LogP contribution is -2.01. The molecule has 0 saturated heterocycles. The molecule has 0 amide bonds. The van der Waals surface area contributed by atoms with E-state index in [2.05, 4.69) is 39.7 Å². The summed E-state index contributed by atoms with van der Waals surface area (Å²) in [5.74, 6) is 1.35. The van der Waals surface area contributed by atoms with Crippen molar-refractivity contribution in [3.8, 4) is 0 Å². The van der Waals surface area contributed by atoms with E-state index in [0.717, 1.165) is 17.9 Å². The van der Waals surface area contributed by atoms with Gasteiger partial charge in [0, 0.05) is 21.9 Å². The average molecular weight is 311 g/mol. The second-order valence-corrected chi connectivity index (χ2v) is 5.84. The largest absolute Gasteiger partial charge is 0.375 e. The maximum absolute atomic E-state index is 5.20. The molecule has 0 unspecified atom stereocenters. The summed E-state index contributed by atoms with van der Waals surface area (Å²) in [6.45, 7) is 2.53. The summed E-state index contributed by atoms with van der Waals surface area (Å²) >= 11 is 1.73. The predicted molar refractivity (Wildman–Crippen MR) is 88.0 cm³/mol. The van der Waals surface area contributed by atoms with Gasteiger partial charge >= 0.3 is 0 Å². The van der Waals surface area contributed by atoms with Gasteiger partial charge < -0.3 is 9.84 Å². The van der Waals surface area contributed by atoms with Crippen LogP contribution in [0, 0.1) is 0 Å². The molecule has 1 N–H and O–H groups in total. The number of nitrogens with zero attached hydrogens (tertiary/aromatic N) is 2. The first kappa shape index (κ1) is 14.7. The molecule has 5 heteroatoms. The third-order valence-corrected chi connectivity index (χ3v) is 4.20. The molecule has 0 aliphatic heterocycles. The maximum Gasteiger partial charge on any atom is 0.245 e. The Labute approximate surface area is 133 Å². The minimum Gasteiger partial charge on any atom is -0.375 e. The van der Waals surface area contributed by atoms with Crippen LogP contribution in [0.3, 0.4) is 0 Å². The molecule has 3 aromatic rings. The number of aryl methyl sites for hydroxylation is 1. The number of hydrogen-bond donors (Lipinski definition) is 1. The molecule has 3 rings (SSSR count). The minimum absolute atomic E-state index is 0.527. The molecule has 1 heterocycles. The molecule has 2 aromatic carbocycles. The first-order valence-corrected chi connectivity index (χ1v) is 8.04. The number of hydrogen-bond acceptors (Lipinski definition) is 5. The van der Waals surface area contributed by atoms with E-state index < -0.39 is 0 Å². The number of rotatable bonds is 6. The number of nitrogens with one attached hydrogen (secondary N) is 1. The number of para-hydroxylation sites is 1. The van der Waals surface area contributed by atoms with Crippen LogP contribution in [0.25, 0.3) is 0 Å². The van der Waals surface area contributed by atoms with E-state index in [1.807, 2.05) is 37.3 Å². The maximum atomic E-state index is 5.20. The Morgan fingerprint density at radius 1 is 1.05 bits per heavy atom. The van der Waals surface area contributed by atoms with Gasteiger partial charge in [0.15, 0.2) is 5.82 Å². The Balaban J connectivity index is 1.71. The van der Waals surface area contributed by atoms with Gasteiger partial charge in [-0.05, 0) is 24.3 Å². The zero-order valence-electron chi connectivity index (χ0n) is 12.3. The van der Waals surface area contributed by atoms with Gasteiger partial charge in [0.2, 0.25) is 5.89 Å². The van der Waals surface area contributed by atoms with Crippen LogP contribution in [-0.2, 0) is 13.0 Å². The highest BCUT2D eigenvalue weighted by Crippen LogP contribution is 2.33. The second kappa shape index (κ2) is 7.13. The van der Waals surface area contributed by atoms with Crippen molar-refractivity contribution in [2.45, 2.75) is 29.7 Å². The summed E-state index contributed by atoms with van der Waals surface area (Å²) in [7, 11) is 0. The molecule has 0 radical (unpaired) electrons. The molecule has 0 saturated carbocycles. The first-order valence-electron chi connectivity index (χ1n) is 7.22. The van der Waals surface area contributed by atoms with Gasteiger partial charge in [0.05, 0.1) is 6.54 Å². The highest BCUT2D eigenvalue weighted by atomic mass is 32.2. The van der Waals surface area contributed by atoms with Crippen LogP contribution in [0.5, 0.6) is 0 Å². The third-order valence-electron chi connectivity index (χ3n) is 3.11. The topological polar surface area (TPSA) is 51.0 Å². The fourth-order valence-corrected chi connectivity index (χ4v) is 2.94. The van der Waals surface area contributed by atoms with Crippen LogP contribution in [0.4, 0.5) is 5.69 Å². The Hall–Kier alpha value is -2.27. The number of aromatic nitrogens is 2. The van der Waals surface area contributed by atoms with E-state index in [1.165, 1.54) is 9.79 Å². The van der Waals surface area contributed by atoms with Gasteiger partial charge in [-0.3, -0.25) is 0 Å². The molecule has 22 heavy (non-hydrogen) atoms. The van der Waals surface area contributed by atoms with E-state index in [4.69, 9.17) is 4.52 Å². The molecule has 0 fully saturated rings. The quantitative estimate of drug-likeness (QED) is 0.731. The second-order valence-electron chi connectivity index (χ2n) is 4.72. The van der Waals surface area contributed by atoms with E-state index >= 15 is 0 Å². The van der Waals surface area contributed by atoms with Crippen molar-refractivity contribution < 1.29 is 4.52 Å². The van der Waals surface area contributed by atoms with E-state index in [-0.39, 0.29) is 0 Å². The van der Waals surface area contributed by atoms with Crippen molar-refractivity contribution in [2.75, 3.05) is 5.32 Å². The van der Waals surface area contributed by atoms with Gasteiger partial charge in [-0.2, -0.15) is 4.98 Å². The monoisotopic (exact) mass is 311 g/mol. The van der Waals surface area contributed by atoms with Crippen molar-refractivity contribution in [3.05, 3.63) is 66.3 Å². The fraction of sp³-hybridized carbons (Fsp3) is 0.176. The van der Waals surface area contributed by atoms with Crippen LogP contribution in [-0.4, -0.2) is 10.1 Å². The van der Waals surface area contributed by atoms with Gasteiger partial charge in [-0.1, -0.05) is 54.2 Å². The summed E-state index contributed by atoms with van der Waals surface area (Å²) in [4.78, 5) is 6.69. The summed E-state index contributed by atoms with van der Waals surface area (Å²) in [5.41, 5.74) is 1.06. The van der Waals surface area contributed by atoms with Crippen molar-refractivity contribution in [1.82, 2.24) is 10.1 Å². The average Bonchev–Trinajstić information content (AvgIpc) is 3.03. The first-order chi connectivity index (χ1) is 10.8. The third kappa shape index (κ3) is 3.68. The van der Waals surface area contributed by atoms with Crippen LogP contribution in [0.2, 0.25) is 0 Å². The molecule has 0 aliphatic carbocycles. The Morgan fingerprint density at radius 3 is 2.59 bits per heavy atom. The molecule has 4 nitrogen and oxygen atoms in total. The Kier molecular flexibility index (Phi) is 4.75. The van der Waals surface area contributed by atoms with Crippen LogP contribution in [0.1, 0.15) is 18.6 Å². The summed E-state index contributed by atoms with van der Waals surface area (Å²) in [5, 5.41) is 7.28. The lowest BCUT2D eigenvalue weighted by Gasteiger charge is -2.10. The molecular weight excluding hydrogens is 294 g/mol. The summed E-state index contributed by atoms with van der Waals surface area (Å²) in [6, 6.07) is 18.5. The Bertz CT molecular complexity index is 728. The van der Waals surface area contributed by atoms with Crippen molar-refractivity contribution in [1.29, 1.82) is 0 Å². The summed E-state index contributed by atoms with van der Waals surface area (Å²) in [6.07, 6.45) is 0.782. The number of benzene rings is 2. The zero-order valence-corrected chi connectivity index (χ0v) is 13.1. The highest BCUT2D eigenvalue weighted by molar-refractivity contribution is 7.99. The molecule has 1 aromatic heterocycles. The van der Waals surface area contributed by atoms with E-state index in [9.17, 15) is 0 Å². The zero-order chi connectivity index (χ0) is 15.2. The predicted octanol–water partition coefficient (Wildman–Crippen LogP) is 4.40. The van der Waals surface area contributed by atoms with Gasteiger partial charge in [0.25, 0.3) is 0 Å². The molecular formula is C17H17N3OS. The van der Waals surface area contributed by atoms with Gasteiger partial charge in [-0.25, -0.2) is 0 Å².